The van der Waals surface area contributed by atoms with Crippen molar-refractivity contribution < 1.29 is 18.7 Å². The lowest BCUT2D eigenvalue weighted by Gasteiger charge is -2.05. The summed E-state index contributed by atoms with van der Waals surface area (Å²) in [5, 5.41) is 5.12. The van der Waals surface area contributed by atoms with Gasteiger partial charge in [-0.3, -0.25) is 9.59 Å². The van der Waals surface area contributed by atoms with Crippen LogP contribution in [0.3, 0.4) is 0 Å². The van der Waals surface area contributed by atoms with Gasteiger partial charge in [0.05, 0.1) is 5.69 Å². The Balaban J connectivity index is 1.47. The number of aromatic nitrogens is 1. The van der Waals surface area contributed by atoms with E-state index in [1.807, 2.05) is 36.6 Å². The Labute approximate surface area is 159 Å². The molecule has 0 fully saturated rings. The van der Waals surface area contributed by atoms with Crippen LogP contribution in [0.15, 0.2) is 53.9 Å². The SMILES string of the molecule is Cc1ccc(-c2nc(COC(=O)CNC(=O)c3ccc(F)cc3)cs2)cc1. The lowest BCUT2D eigenvalue weighted by atomic mass is 10.2. The van der Waals surface area contributed by atoms with Gasteiger partial charge in [-0.1, -0.05) is 29.8 Å². The molecule has 3 rings (SSSR count). The molecule has 0 atom stereocenters. The largest absolute Gasteiger partial charge is 0.458 e. The van der Waals surface area contributed by atoms with E-state index in [9.17, 15) is 14.0 Å². The third-order valence-electron chi connectivity index (χ3n) is 3.73. The van der Waals surface area contributed by atoms with E-state index in [-0.39, 0.29) is 18.7 Å². The maximum Gasteiger partial charge on any atom is 0.325 e. The maximum absolute atomic E-state index is 12.8. The van der Waals surface area contributed by atoms with Gasteiger partial charge in [0.1, 0.15) is 24.0 Å². The molecule has 1 amide bonds. The first-order chi connectivity index (χ1) is 13.0. The quantitative estimate of drug-likeness (QED) is 0.658. The van der Waals surface area contributed by atoms with E-state index in [4.69, 9.17) is 4.74 Å². The number of halogens is 1. The number of carbonyl (C=O) groups is 2. The minimum absolute atomic E-state index is 0.0353. The Hall–Kier alpha value is -3.06. The van der Waals surface area contributed by atoms with Crippen LogP contribution < -0.4 is 5.32 Å². The number of amides is 1. The van der Waals surface area contributed by atoms with E-state index in [1.165, 1.54) is 41.2 Å². The van der Waals surface area contributed by atoms with Crippen molar-refractivity contribution in [1.29, 1.82) is 0 Å². The number of thiazole rings is 1. The highest BCUT2D eigenvalue weighted by Gasteiger charge is 2.11. The Kier molecular flexibility index (Phi) is 5.93. The van der Waals surface area contributed by atoms with E-state index in [2.05, 4.69) is 10.3 Å². The molecule has 27 heavy (non-hydrogen) atoms. The number of hydrogen-bond acceptors (Lipinski definition) is 5. The van der Waals surface area contributed by atoms with Crippen LogP contribution in [-0.2, 0) is 16.1 Å². The molecule has 138 valence electrons. The summed E-state index contributed by atoms with van der Waals surface area (Å²) in [4.78, 5) is 28.1. The van der Waals surface area contributed by atoms with Crippen molar-refractivity contribution in [2.75, 3.05) is 6.54 Å². The highest BCUT2D eigenvalue weighted by Crippen LogP contribution is 2.24. The highest BCUT2D eigenvalue weighted by molar-refractivity contribution is 7.13. The number of benzene rings is 2. The topological polar surface area (TPSA) is 68.3 Å². The zero-order valence-corrected chi connectivity index (χ0v) is 15.4. The molecule has 0 aliphatic rings. The summed E-state index contributed by atoms with van der Waals surface area (Å²) in [7, 11) is 0. The summed E-state index contributed by atoms with van der Waals surface area (Å²) in [5.41, 5.74) is 3.10. The molecule has 0 bridgehead atoms. The van der Waals surface area contributed by atoms with Gasteiger partial charge in [-0.25, -0.2) is 9.37 Å². The average molecular weight is 384 g/mol. The number of carbonyl (C=O) groups excluding carboxylic acids is 2. The predicted molar refractivity (Wildman–Crippen MR) is 101 cm³/mol. The van der Waals surface area contributed by atoms with Crippen molar-refractivity contribution in [3.63, 3.8) is 0 Å². The normalized spacial score (nSPS) is 10.4. The first-order valence-electron chi connectivity index (χ1n) is 8.22. The highest BCUT2D eigenvalue weighted by atomic mass is 32.1. The molecule has 7 heteroatoms. The lowest BCUT2D eigenvalue weighted by Crippen LogP contribution is -2.30. The number of esters is 1. The van der Waals surface area contributed by atoms with Gasteiger partial charge in [-0.15, -0.1) is 11.3 Å². The third kappa shape index (κ3) is 5.21. The zero-order chi connectivity index (χ0) is 19.2. The zero-order valence-electron chi connectivity index (χ0n) is 14.6. The summed E-state index contributed by atoms with van der Waals surface area (Å²) in [6, 6.07) is 13.1. The molecule has 5 nitrogen and oxygen atoms in total. The second kappa shape index (κ2) is 8.55. The van der Waals surface area contributed by atoms with E-state index in [0.717, 1.165) is 10.6 Å². The van der Waals surface area contributed by atoms with Gasteiger partial charge < -0.3 is 10.1 Å². The number of aryl methyl sites for hydroxylation is 1. The van der Waals surface area contributed by atoms with Crippen molar-refractivity contribution >= 4 is 23.2 Å². The Morgan fingerprint density at radius 3 is 2.52 bits per heavy atom. The molecule has 1 heterocycles. The molecule has 1 aromatic heterocycles. The fourth-order valence-corrected chi connectivity index (χ4v) is 3.07. The summed E-state index contributed by atoms with van der Waals surface area (Å²) in [5.74, 6) is -1.48. The molecule has 0 aliphatic heterocycles. The Morgan fingerprint density at radius 1 is 1.11 bits per heavy atom. The minimum Gasteiger partial charge on any atom is -0.458 e. The van der Waals surface area contributed by atoms with Gasteiger partial charge in [0.15, 0.2) is 0 Å². The third-order valence-corrected chi connectivity index (χ3v) is 4.67. The van der Waals surface area contributed by atoms with Crippen LogP contribution >= 0.6 is 11.3 Å². The Bertz CT molecular complexity index is 937. The van der Waals surface area contributed by atoms with E-state index in [1.54, 1.807) is 0 Å². The molecule has 0 saturated carbocycles. The van der Waals surface area contributed by atoms with Crippen molar-refractivity contribution in [1.82, 2.24) is 10.3 Å². The molecule has 3 aromatic rings. The molecular formula is C20H17FN2O3S. The van der Waals surface area contributed by atoms with Gasteiger partial charge in [0.25, 0.3) is 5.91 Å². The summed E-state index contributed by atoms with van der Waals surface area (Å²) >= 11 is 1.47. The molecular weight excluding hydrogens is 367 g/mol. The second-order valence-corrected chi connectivity index (χ2v) is 6.72. The van der Waals surface area contributed by atoms with Crippen LogP contribution in [0.5, 0.6) is 0 Å². The van der Waals surface area contributed by atoms with Crippen LogP contribution in [0.1, 0.15) is 21.6 Å². The van der Waals surface area contributed by atoms with Crippen LogP contribution in [0.25, 0.3) is 10.6 Å². The van der Waals surface area contributed by atoms with Gasteiger partial charge in [-0.05, 0) is 31.2 Å². The molecule has 0 unspecified atom stereocenters. The van der Waals surface area contributed by atoms with Gasteiger partial charge in [0.2, 0.25) is 0 Å². The number of nitrogens with zero attached hydrogens (tertiary/aromatic N) is 1. The van der Waals surface area contributed by atoms with Crippen LogP contribution in [0.4, 0.5) is 4.39 Å². The fraction of sp³-hybridized carbons (Fsp3) is 0.150. The first kappa shape index (κ1) is 18.7. The minimum atomic E-state index is -0.574. The molecule has 2 aromatic carbocycles. The second-order valence-electron chi connectivity index (χ2n) is 5.86. The summed E-state index contributed by atoms with van der Waals surface area (Å²) in [6.07, 6.45) is 0. The first-order valence-corrected chi connectivity index (χ1v) is 9.10. The summed E-state index contributed by atoms with van der Waals surface area (Å²) < 4.78 is 18.0. The van der Waals surface area contributed by atoms with Crippen molar-refractivity contribution in [3.05, 3.63) is 76.5 Å². The monoisotopic (exact) mass is 384 g/mol. The van der Waals surface area contributed by atoms with E-state index < -0.39 is 17.7 Å². The predicted octanol–water partition coefficient (Wildman–Crippen LogP) is 3.73. The standard InChI is InChI=1S/C20H17FN2O3S/c1-13-2-4-15(5-3-13)20-23-17(12-27-20)11-26-18(24)10-22-19(25)14-6-8-16(21)9-7-14/h2-9,12H,10-11H2,1H3,(H,22,25). The maximum atomic E-state index is 12.8. The van der Waals surface area contributed by atoms with Crippen molar-refractivity contribution in [2.24, 2.45) is 0 Å². The molecule has 0 saturated heterocycles. The molecule has 0 aliphatic carbocycles. The number of rotatable bonds is 6. The fourth-order valence-electron chi connectivity index (χ4n) is 2.26. The molecule has 0 spiro atoms. The van der Waals surface area contributed by atoms with Crippen LogP contribution in [-0.4, -0.2) is 23.4 Å². The molecule has 1 N–H and O–H groups in total. The van der Waals surface area contributed by atoms with E-state index in [0.29, 0.717) is 5.69 Å². The molecule has 0 radical (unpaired) electrons. The van der Waals surface area contributed by atoms with Crippen LogP contribution in [0.2, 0.25) is 0 Å². The van der Waals surface area contributed by atoms with Crippen LogP contribution in [0, 0.1) is 12.7 Å². The number of nitrogens with one attached hydrogen (secondary N) is 1. The number of ether oxygens (including phenoxy) is 1. The lowest BCUT2D eigenvalue weighted by molar-refractivity contribution is -0.143. The van der Waals surface area contributed by atoms with Gasteiger partial charge in [-0.2, -0.15) is 0 Å². The van der Waals surface area contributed by atoms with E-state index >= 15 is 0 Å². The smallest absolute Gasteiger partial charge is 0.325 e. The number of hydrogen-bond donors (Lipinski definition) is 1. The van der Waals surface area contributed by atoms with Crippen molar-refractivity contribution in [3.8, 4) is 10.6 Å². The summed E-state index contributed by atoms with van der Waals surface area (Å²) in [6.45, 7) is 1.78. The Morgan fingerprint density at radius 2 is 1.81 bits per heavy atom. The van der Waals surface area contributed by atoms with Gasteiger partial charge in [0, 0.05) is 16.5 Å². The van der Waals surface area contributed by atoms with Crippen molar-refractivity contribution in [2.45, 2.75) is 13.5 Å². The van der Waals surface area contributed by atoms with Gasteiger partial charge >= 0.3 is 5.97 Å². The average Bonchev–Trinajstić information content (AvgIpc) is 3.14.